The molecule has 0 aromatic heterocycles. The van der Waals surface area contributed by atoms with E-state index in [9.17, 15) is 19.5 Å². The van der Waals surface area contributed by atoms with Crippen molar-refractivity contribution in [3.63, 3.8) is 0 Å². The number of likely N-dealkylation sites (N-methyl/N-ethyl adjacent to an activating group) is 1. The number of quaternary nitrogens is 1. The Kier molecular flexibility index (Phi) is 51.8. The highest BCUT2D eigenvalue weighted by Crippen LogP contribution is 2.18. The van der Waals surface area contributed by atoms with Crippen LogP contribution in [-0.2, 0) is 33.3 Å². The van der Waals surface area contributed by atoms with E-state index in [0.29, 0.717) is 17.4 Å². The van der Waals surface area contributed by atoms with Crippen molar-refractivity contribution in [2.24, 2.45) is 0 Å². The maximum atomic E-state index is 12.9. The van der Waals surface area contributed by atoms with Crippen LogP contribution in [0.4, 0.5) is 0 Å². The van der Waals surface area contributed by atoms with Crippen molar-refractivity contribution in [2.45, 2.75) is 315 Å². The zero-order valence-electron chi connectivity index (χ0n) is 47.2. The summed E-state index contributed by atoms with van der Waals surface area (Å²) >= 11 is 0. The second kappa shape index (κ2) is 53.3. The number of nitrogens with zero attached hydrogens (tertiary/aromatic N) is 1. The first-order valence-corrected chi connectivity index (χ1v) is 30.4. The fourth-order valence-electron chi connectivity index (χ4n) is 9.07. The van der Waals surface area contributed by atoms with Crippen molar-refractivity contribution >= 4 is 17.9 Å². The van der Waals surface area contributed by atoms with E-state index in [-0.39, 0.29) is 38.2 Å². The van der Waals surface area contributed by atoms with Gasteiger partial charge >= 0.3 is 17.9 Å². The van der Waals surface area contributed by atoms with Crippen LogP contribution in [0.2, 0.25) is 0 Å². The molecule has 0 bridgehead atoms. The van der Waals surface area contributed by atoms with Crippen LogP contribution in [0, 0.1) is 0 Å². The lowest BCUT2D eigenvalue weighted by atomic mass is 10.0. The molecule has 0 heterocycles. The molecule has 9 heteroatoms. The predicted octanol–water partition coefficient (Wildman–Crippen LogP) is 17.7. The van der Waals surface area contributed by atoms with E-state index >= 15 is 0 Å². The quantitative estimate of drug-likeness (QED) is 0.0211. The third kappa shape index (κ3) is 53.8. The topological polar surface area (TPSA) is 108 Å². The Morgan fingerprint density at radius 3 is 1.06 bits per heavy atom. The second-order valence-corrected chi connectivity index (χ2v) is 22.0. The Balaban J connectivity index is 4.06. The van der Waals surface area contributed by atoms with Crippen molar-refractivity contribution in [1.82, 2.24) is 0 Å². The summed E-state index contributed by atoms with van der Waals surface area (Å²) < 4.78 is 22.9. The molecule has 70 heavy (non-hydrogen) atoms. The van der Waals surface area contributed by atoms with Crippen molar-refractivity contribution in [1.29, 1.82) is 0 Å². The van der Waals surface area contributed by atoms with Gasteiger partial charge in [-0.3, -0.25) is 9.59 Å². The van der Waals surface area contributed by atoms with E-state index in [1.807, 2.05) is 21.1 Å². The number of allylic oxidation sites excluding steroid dienone is 2. The maximum absolute atomic E-state index is 12.9. The summed E-state index contributed by atoms with van der Waals surface area (Å²) in [6.07, 6.45) is 58.8. The van der Waals surface area contributed by atoms with Gasteiger partial charge in [-0.15, -0.1) is 0 Å². The number of carbonyl (C=O) groups excluding carboxylic acids is 2. The van der Waals surface area contributed by atoms with E-state index in [0.717, 1.165) is 38.5 Å². The second-order valence-electron chi connectivity index (χ2n) is 22.0. The zero-order valence-corrected chi connectivity index (χ0v) is 47.2. The van der Waals surface area contributed by atoms with Crippen molar-refractivity contribution < 1.29 is 42.9 Å². The average molecular weight is 994 g/mol. The Hall–Kier alpha value is -1.97. The standard InChI is InChI=1S/C61H117NO8/c1-6-8-10-12-14-16-18-20-22-23-24-25-26-27-28-29-30-31-32-33-34-35-36-37-38-40-42-44-46-48-50-52-59(64)70-57(56-69-61(60(65)66)67-54-53-62(3,4)5)55-68-58(63)51-49-47-45-43-41-39-21-19-17-15-13-11-9-7-2/h23-24,57,61H,6-22,25-56H2,1-5H3/p+1/b24-23-. The first-order valence-electron chi connectivity index (χ1n) is 30.4. The van der Waals surface area contributed by atoms with Gasteiger partial charge in [0.15, 0.2) is 6.10 Å². The number of ether oxygens (including phenoxy) is 4. The minimum absolute atomic E-state index is 0.174. The lowest BCUT2D eigenvalue weighted by Gasteiger charge is -2.25. The SMILES string of the molecule is CCCCCCCCCC/C=C\CCCCCCCCCCCCCCCCCCCCCC(=O)OC(COC(=O)CCCCCCCCCCCCCCCC)COC(OCC[N+](C)(C)C)C(=O)O. The van der Waals surface area contributed by atoms with Crippen LogP contribution in [0.1, 0.15) is 303 Å². The highest BCUT2D eigenvalue weighted by atomic mass is 16.7. The Morgan fingerprint density at radius 2 is 0.729 bits per heavy atom. The first-order chi connectivity index (χ1) is 34.1. The summed E-state index contributed by atoms with van der Waals surface area (Å²) in [5.74, 6) is -1.98. The molecular weight excluding hydrogens is 875 g/mol. The predicted molar refractivity (Wildman–Crippen MR) is 295 cm³/mol. The van der Waals surface area contributed by atoms with Gasteiger partial charge in [-0.2, -0.15) is 0 Å². The van der Waals surface area contributed by atoms with Crippen LogP contribution < -0.4 is 0 Å². The maximum Gasteiger partial charge on any atom is 0.361 e. The average Bonchev–Trinajstić information content (AvgIpc) is 3.33. The normalized spacial score (nSPS) is 12.8. The number of carbonyl (C=O) groups is 3. The molecule has 0 amide bonds. The molecule has 9 nitrogen and oxygen atoms in total. The smallest absolute Gasteiger partial charge is 0.361 e. The molecule has 0 spiro atoms. The Labute approximate surface area is 434 Å². The number of rotatable bonds is 57. The van der Waals surface area contributed by atoms with Crippen LogP contribution in [-0.4, -0.2) is 87.4 Å². The summed E-state index contributed by atoms with van der Waals surface area (Å²) in [4.78, 5) is 37.4. The van der Waals surface area contributed by atoms with Gasteiger partial charge in [0.05, 0.1) is 34.4 Å². The highest BCUT2D eigenvalue weighted by molar-refractivity contribution is 5.71. The third-order valence-electron chi connectivity index (χ3n) is 13.8. The summed E-state index contributed by atoms with van der Waals surface area (Å²) in [5, 5.41) is 9.69. The van der Waals surface area contributed by atoms with Crippen LogP contribution in [0.15, 0.2) is 12.2 Å². The van der Waals surface area contributed by atoms with Crippen molar-refractivity contribution in [3.8, 4) is 0 Å². The van der Waals surface area contributed by atoms with Crippen LogP contribution >= 0.6 is 0 Å². The lowest BCUT2D eigenvalue weighted by Crippen LogP contribution is -2.40. The van der Waals surface area contributed by atoms with Crippen molar-refractivity contribution in [2.75, 3.05) is 47.5 Å². The molecule has 0 radical (unpaired) electrons. The molecule has 414 valence electrons. The molecule has 2 atom stereocenters. The van der Waals surface area contributed by atoms with E-state index < -0.39 is 18.4 Å². The van der Waals surface area contributed by atoms with Crippen LogP contribution in [0.5, 0.6) is 0 Å². The van der Waals surface area contributed by atoms with Crippen molar-refractivity contribution in [3.05, 3.63) is 12.2 Å². The summed E-state index contributed by atoms with van der Waals surface area (Å²) in [6, 6.07) is 0. The molecule has 0 rings (SSSR count). The van der Waals surface area contributed by atoms with Gasteiger partial charge in [0.25, 0.3) is 6.29 Å². The third-order valence-corrected chi connectivity index (χ3v) is 13.8. The number of aliphatic carboxylic acids is 1. The molecule has 0 aliphatic rings. The van der Waals surface area contributed by atoms with Gasteiger partial charge < -0.3 is 28.5 Å². The molecular formula is C61H118NO8+. The molecule has 2 unspecified atom stereocenters. The van der Waals surface area contributed by atoms with Gasteiger partial charge in [0.1, 0.15) is 13.2 Å². The number of hydrogen-bond acceptors (Lipinski definition) is 7. The molecule has 0 saturated heterocycles. The van der Waals surface area contributed by atoms with E-state index in [2.05, 4.69) is 26.0 Å². The summed E-state index contributed by atoms with van der Waals surface area (Å²) in [5.41, 5.74) is 0. The Morgan fingerprint density at radius 1 is 0.414 bits per heavy atom. The number of carboxylic acids is 1. The van der Waals surface area contributed by atoms with E-state index in [1.54, 1.807) is 0 Å². The highest BCUT2D eigenvalue weighted by Gasteiger charge is 2.25. The largest absolute Gasteiger partial charge is 0.477 e. The fourth-order valence-corrected chi connectivity index (χ4v) is 9.07. The number of hydrogen-bond donors (Lipinski definition) is 1. The summed E-state index contributed by atoms with van der Waals surface area (Å²) in [7, 11) is 5.98. The minimum Gasteiger partial charge on any atom is -0.477 e. The first kappa shape index (κ1) is 68.0. The van der Waals surface area contributed by atoms with Gasteiger partial charge in [-0.05, 0) is 38.5 Å². The summed E-state index contributed by atoms with van der Waals surface area (Å²) in [6.45, 7) is 4.93. The molecule has 0 aromatic rings. The molecule has 0 aromatic carbocycles. The zero-order chi connectivity index (χ0) is 51.3. The van der Waals surface area contributed by atoms with Gasteiger partial charge in [0, 0.05) is 12.8 Å². The molecule has 0 aliphatic heterocycles. The monoisotopic (exact) mass is 993 g/mol. The molecule has 0 fully saturated rings. The lowest BCUT2D eigenvalue weighted by molar-refractivity contribution is -0.870. The fraction of sp³-hybridized carbons (Fsp3) is 0.918. The van der Waals surface area contributed by atoms with E-state index in [1.165, 1.54) is 238 Å². The molecule has 0 aliphatic carbocycles. The number of esters is 2. The number of unbranched alkanes of at least 4 members (excludes halogenated alkanes) is 40. The Bertz CT molecular complexity index is 1150. The molecule has 0 saturated carbocycles. The minimum atomic E-state index is -1.50. The van der Waals surface area contributed by atoms with Gasteiger partial charge in [-0.1, -0.05) is 264 Å². The van der Waals surface area contributed by atoms with Crippen LogP contribution in [0.25, 0.3) is 0 Å². The molecule has 1 N–H and O–H groups in total. The van der Waals surface area contributed by atoms with Crippen LogP contribution in [0.3, 0.4) is 0 Å². The van der Waals surface area contributed by atoms with Gasteiger partial charge in [0.2, 0.25) is 0 Å². The number of carboxylic acid groups (broad SMARTS) is 1. The van der Waals surface area contributed by atoms with Gasteiger partial charge in [-0.25, -0.2) is 4.79 Å². The van der Waals surface area contributed by atoms with E-state index in [4.69, 9.17) is 18.9 Å².